The lowest BCUT2D eigenvalue weighted by Crippen LogP contribution is -2.72. The van der Waals surface area contributed by atoms with Crippen molar-refractivity contribution in [3.8, 4) is 6.07 Å². The smallest absolute Gasteiger partial charge is 0.274 e. The summed E-state index contributed by atoms with van der Waals surface area (Å²) in [6.07, 6.45) is 8.46. The average molecular weight is 417 g/mol. The third-order valence-electron chi connectivity index (χ3n) is 7.08. The summed E-state index contributed by atoms with van der Waals surface area (Å²) in [7, 11) is 0. The maximum absolute atomic E-state index is 12.6. The van der Waals surface area contributed by atoms with Gasteiger partial charge in [-0.05, 0) is 24.8 Å². The molecule has 160 valence electrons. The summed E-state index contributed by atoms with van der Waals surface area (Å²) in [5.74, 6) is 0.551. The molecule has 3 heterocycles. The van der Waals surface area contributed by atoms with Gasteiger partial charge in [-0.1, -0.05) is 30.3 Å². The van der Waals surface area contributed by atoms with E-state index in [0.717, 1.165) is 25.9 Å². The standard InChI is InChI=1S/C24H28N6O/c25-9-8-24(16-29(17-24)23(31)22-15-26-10-11-27-22)30-12-6-19(7-13-30)28-21-14-20(21)18-4-2-1-3-5-18/h1-5,10-11,15,19-21,28H,6-8,12-14,16-17H2/t20-,21+/m0/s1. The number of hydrogen-bond acceptors (Lipinski definition) is 6. The second-order valence-corrected chi connectivity index (χ2v) is 9.10. The van der Waals surface area contributed by atoms with Gasteiger partial charge >= 0.3 is 0 Å². The first-order valence-electron chi connectivity index (χ1n) is 11.2. The average Bonchev–Trinajstić information content (AvgIpc) is 3.56. The summed E-state index contributed by atoms with van der Waals surface area (Å²) in [6.45, 7) is 3.12. The number of piperidine rings is 1. The van der Waals surface area contributed by atoms with Gasteiger partial charge in [0.05, 0.1) is 24.2 Å². The number of aromatic nitrogens is 2. The van der Waals surface area contributed by atoms with E-state index >= 15 is 0 Å². The van der Waals surface area contributed by atoms with Crippen LogP contribution < -0.4 is 5.32 Å². The van der Waals surface area contributed by atoms with Crippen LogP contribution in [0.2, 0.25) is 0 Å². The van der Waals surface area contributed by atoms with Gasteiger partial charge in [-0.25, -0.2) is 4.98 Å². The first-order chi connectivity index (χ1) is 15.2. The molecule has 0 unspecified atom stereocenters. The number of amides is 1. The monoisotopic (exact) mass is 416 g/mol. The number of likely N-dealkylation sites (tertiary alicyclic amines) is 2. The summed E-state index contributed by atoms with van der Waals surface area (Å²) >= 11 is 0. The Morgan fingerprint density at radius 2 is 1.97 bits per heavy atom. The Labute approximate surface area is 183 Å². The molecule has 0 bridgehead atoms. The number of nitrogens with zero attached hydrogens (tertiary/aromatic N) is 5. The zero-order valence-corrected chi connectivity index (χ0v) is 17.7. The van der Waals surface area contributed by atoms with Gasteiger partial charge in [0.15, 0.2) is 0 Å². The number of benzene rings is 1. The number of rotatable bonds is 6. The van der Waals surface area contributed by atoms with Crippen LogP contribution in [0.4, 0.5) is 0 Å². The van der Waals surface area contributed by atoms with Crippen molar-refractivity contribution in [2.24, 2.45) is 0 Å². The molecule has 5 rings (SSSR count). The van der Waals surface area contributed by atoms with E-state index in [2.05, 4.69) is 56.6 Å². The van der Waals surface area contributed by atoms with Gasteiger partial charge in [0, 0.05) is 56.6 Å². The summed E-state index contributed by atoms with van der Waals surface area (Å²) in [5, 5.41) is 13.3. The fourth-order valence-electron chi connectivity index (χ4n) is 5.22. The molecule has 3 fully saturated rings. The molecule has 3 aliphatic rings. The maximum Gasteiger partial charge on any atom is 0.274 e. The topological polar surface area (TPSA) is 85.2 Å². The van der Waals surface area contributed by atoms with Crippen molar-refractivity contribution in [3.63, 3.8) is 0 Å². The van der Waals surface area contributed by atoms with Crippen molar-refractivity contribution in [1.29, 1.82) is 5.26 Å². The fraction of sp³-hybridized carbons (Fsp3) is 0.500. The summed E-state index contributed by atoms with van der Waals surface area (Å²) in [5.41, 5.74) is 1.59. The van der Waals surface area contributed by atoms with Crippen LogP contribution in [0.25, 0.3) is 0 Å². The molecule has 1 N–H and O–H groups in total. The summed E-state index contributed by atoms with van der Waals surface area (Å²) in [4.78, 5) is 25.0. The molecule has 7 heteroatoms. The van der Waals surface area contributed by atoms with Gasteiger partial charge in [-0.3, -0.25) is 14.7 Å². The minimum Gasteiger partial charge on any atom is -0.333 e. The summed E-state index contributed by atoms with van der Waals surface area (Å²) < 4.78 is 0. The number of carbonyl (C=O) groups excluding carboxylic acids is 1. The number of nitrogens with one attached hydrogen (secondary N) is 1. The molecular formula is C24H28N6O. The SMILES string of the molecule is N#CCC1(N2CCC(N[C@@H]3C[C@H]3c3ccccc3)CC2)CN(C(=O)c2cnccn2)C1. The van der Waals surface area contributed by atoms with Crippen molar-refractivity contribution in [1.82, 2.24) is 25.1 Å². The van der Waals surface area contributed by atoms with E-state index in [1.807, 2.05) is 0 Å². The highest BCUT2D eigenvalue weighted by Crippen LogP contribution is 2.41. The van der Waals surface area contributed by atoms with Crippen molar-refractivity contribution >= 4 is 5.91 Å². The first kappa shape index (κ1) is 20.1. The first-order valence-corrected chi connectivity index (χ1v) is 11.2. The number of carbonyl (C=O) groups is 1. The van der Waals surface area contributed by atoms with Crippen molar-refractivity contribution in [2.75, 3.05) is 26.2 Å². The van der Waals surface area contributed by atoms with E-state index in [0.29, 0.717) is 43.2 Å². The Morgan fingerprint density at radius 3 is 2.65 bits per heavy atom. The molecule has 1 amide bonds. The van der Waals surface area contributed by atoms with Crippen LogP contribution in [0.1, 0.15) is 47.7 Å². The van der Waals surface area contributed by atoms with Gasteiger partial charge in [0.2, 0.25) is 0 Å². The van der Waals surface area contributed by atoms with Crippen LogP contribution >= 0.6 is 0 Å². The quantitative estimate of drug-likeness (QED) is 0.777. The Hall–Kier alpha value is -2.82. The van der Waals surface area contributed by atoms with Crippen LogP contribution in [-0.4, -0.2) is 69.5 Å². The van der Waals surface area contributed by atoms with Crippen LogP contribution in [0, 0.1) is 11.3 Å². The Morgan fingerprint density at radius 1 is 1.19 bits per heavy atom. The van der Waals surface area contributed by atoms with Gasteiger partial charge < -0.3 is 10.2 Å². The molecule has 1 saturated carbocycles. The molecule has 0 spiro atoms. The van der Waals surface area contributed by atoms with Crippen molar-refractivity contribution < 1.29 is 4.79 Å². The molecule has 2 saturated heterocycles. The zero-order chi connectivity index (χ0) is 21.3. The Bertz CT molecular complexity index is 945. The highest BCUT2D eigenvalue weighted by molar-refractivity contribution is 5.92. The molecular weight excluding hydrogens is 388 g/mol. The molecule has 1 aromatic carbocycles. The summed E-state index contributed by atoms with van der Waals surface area (Å²) in [6, 6.07) is 14.3. The third kappa shape index (κ3) is 4.06. The van der Waals surface area contributed by atoms with Gasteiger partial charge in [0.25, 0.3) is 5.91 Å². The molecule has 31 heavy (non-hydrogen) atoms. The minimum atomic E-state index is -0.219. The lowest BCUT2D eigenvalue weighted by Gasteiger charge is -2.56. The van der Waals surface area contributed by atoms with E-state index in [1.165, 1.54) is 24.4 Å². The van der Waals surface area contributed by atoms with E-state index in [-0.39, 0.29) is 11.4 Å². The third-order valence-corrected chi connectivity index (χ3v) is 7.08. The normalized spacial score (nSPS) is 25.5. The van der Waals surface area contributed by atoms with Crippen molar-refractivity contribution in [2.45, 2.75) is 49.2 Å². The minimum absolute atomic E-state index is 0.0982. The van der Waals surface area contributed by atoms with E-state index < -0.39 is 0 Å². The lowest BCUT2D eigenvalue weighted by molar-refractivity contribution is -0.0499. The largest absolute Gasteiger partial charge is 0.333 e. The predicted octanol–water partition coefficient (Wildman–Crippen LogP) is 2.19. The molecule has 0 radical (unpaired) electrons. The molecule has 2 aliphatic heterocycles. The predicted molar refractivity (Wildman–Crippen MR) is 116 cm³/mol. The molecule has 2 aromatic rings. The van der Waals surface area contributed by atoms with Gasteiger partial charge in [-0.15, -0.1) is 0 Å². The van der Waals surface area contributed by atoms with Gasteiger partial charge in [-0.2, -0.15) is 5.26 Å². The number of hydrogen-bond donors (Lipinski definition) is 1. The van der Waals surface area contributed by atoms with Crippen LogP contribution in [0.15, 0.2) is 48.9 Å². The van der Waals surface area contributed by atoms with E-state index in [9.17, 15) is 10.1 Å². The molecule has 7 nitrogen and oxygen atoms in total. The Kier molecular flexibility index (Phi) is 5.43. The van der Waals surface area contributed by atoms with Crippen molar-refractivity contribution in [3.05, 3.63) is 60.2 Å². The van der Waals surface area contributed by atoms with Crippen LogP contribution in [-0.2, 0) is 0 Å². The molecule has 1 aliphatic carbocycles. The maximum atomic E-state index is 12.6. The number of nitriles is 1. The lowest BCUT2D eigenvalue weighted by atomic mass is 9.82. The highest BCUT2D eigenvalue weighted by Gasteiger charge is 2.50. The molecule has 1 aromatic heterocycles. The molecule has 2 atom stereocenters. The second-order valence-electron chi connectivity index (χ2n) is 9.10. The van der Waals surface area contributed by atoms with Crippen LogP contribution in [0.3, 0.4) is 0 Å². The van der Waals surface area contributed by atoms with Crippen LogP contribution in [0.5, 0.6) is 0 Å². The second kappa shape index (κ2) is 8.37. The van der Waals surface area contributed by atoms with E-state index in [1.54, 1.807) is 11.1 Å². The Balaban J connectivity index is 1.13. The highest BCUT2D eigenvalue weighted by atomic mass is 16.2. The van der Waals surface area contributed by atoms with E-state index in [4.69, 9.17) is 0 Å². The fourth-order valence-corrected chi connectivity index (χ4v) is 5.22. The zero-order valence-electron chi connectivity index (χ0n) is 17.7. The van der Waals surface area contributed by atoms with Gasteiger partial charge in [0.1, 0.15) is 5.69 Å².